The zero-order chi connectivity index (χ0) is 15.5. The predicted molar refractivity (Wildman–Crippen MR) is 75.5 cm³/mol. The van der Waals surface area contributed by atoms with Gasteiger partial charge in [0.15, 0.2) is 0 Å². The van der Waals surface area contributed by atoms with Crippen LogP contribution in [0.25, 0.3) is 0 Å². The van der Waals surface area contributed by atoms with E-state index in [-0.39, 0.29) is 21.0 Å². The summed E-state index contributed by atoms with van der Waals surface area (Å²) in [6.07, 6.45) is 1.46. The van der Waals surface area contributed by atoms with Crippen LogP contribution < -0.4 is 9.83 Å². The molecule has 1 N–H and O–H groups in total. The maximum atomic E-state index is 12.2. The van der Waals surface area contributed by atoms with Gasteiger partial charge in [-0.05, 0) is 25.5 Å². The van der Waals surface area contributed by atoms with Gasteiger partial charge in [-0.15, -0.1) is 0 Å². The molecule has 0 bridgehead atoms. The van der Waals surface area contributed by atoms with E-state index in [1.54, 1.807) is 6.92 Å². The molecule has 5 nitrogen and oxygen atoms in total. The highest BCUT2D eigenvalue weighted by molar-refractivity contribution is 7.89. The molecular formula is C12H14Cl2NO4S-. The summed E-state index contributed by atoms with van der Waals surface area (Å²) >= 11 is 11.5. The molecule has 1 atom stereocenters. The van der Waals surface area contributed by atoms with Gasteiger partial charge in [-0.25, -0.2) is 13.1 Å². The molecule has 0 aromatic heterocycles. The minimum atomic E-state index is -3.92. The van der Waals surface area contributed by atoms with Gasteiger partial charge in [-0.2, -0.15) is 0 Å². The van der Waals surface area contributed by atoms with Gasteiger partial charge in [-0.1, -0.05) is 36.5 Å². The van der Waals surface area contributed by atoms with Crippen LogP contribution in [0.1, 0.15) is 37.0 Å². The number of carboxylic acids is 1. The van der Waals surface area contributed by atoms with Crippen LogP contribution in [0.2, 0.25) is 10.0 Å². The first kappa shape index (κ1) is 17.2. The van der Waals surface area contributed by atoms with Gasteiger partial charge in [0.05, 0.1) is 16.0 Å². The van der Waals surface area contributed by atoms with Crippen molar-refractivity contribution < 1.29 is 18.3 Å². The molecule has 0 spiro atoms. The number of aromatic carboxylic acids is 1. The molecule has 0 aliphatic rings. The third kappa shape index (κ3) is 4.09. The summed E-state index contributed by atoms with van der Waals surface area (Å²) in [4.78, 5) is 10.6. The smallest absolute Gasteiger partial charge is 0.242 e. The van der Waals surface area contributed by atoms with Crippen molar-refractivity contribution in [2.45, 2.75) is 37.6 Å². The standard InChI is InChI=1S/C12H15Cl2NO4S/c1-3-4-7(2)15-20(18,19)11-5-8(12(16)17)9(13)6-10(11)14/h5-7,15H,3-4H2,1-2H3,(H,16,17)/p-1/t7-/m0/s1. The Morgan fingerprint density at radius 1 is 1.35 bits per heavy atom. The Labute approximate surface area is 127 Å². The van der Waals surface area contributed by atoms with Crippen molar-refractivity contribution in [1.29, 1.82) is 0 Å². The molecule has 0 aliphatic heterocycles. The number of carbonyl (C=O) groups excluding carboxylic acids is 1. The van der Waals surface area contributed by atoms with Crippen LogP contribution in [0.15, 0.2) is 17.0 Å². The Kier molecular flexibility index (Phi) is 5.82. The molecule has 1 aromatic carbocycles. The normalized spacial score (nSPS) is 13.2. The summed E-state index contributed by atoms with van der Waals surface area (Å²) in [6, 6.07) is 1.69. The summed E-state index contributed by atoms with van der Waals surface area (Å²) < 4.78 is 26.8. The van der Waals surface area contributed by atoms with E-state index in [2.05, 4.69) is 4.72 Å². The number of benzene rings is 1. The average molecular weight is 339 g/mol. The zero-order valence-corrected chi connectivity index (χ0v) is 13.3. The lowest BCUT2D eigenvalue weighted by Crippen LogP contribution is -2.33. The van der Waals surface area contributed by atoms with Crippen LogP contribution in [0.5, 0.6) is 0 Å². The van der Waals surface area contributed by atoms with Crippen LogP contribution in [0, 0.1) is 0 Å². The molecular weight excluding hydrogens is 325 g/mol. The fraction of sp³-hybridized carbons (Fsp3) is 0.417. The van der Waals surface area contributed by atoms with E-state index in [9.17, 15) is 18.3 Å². The van der Waals surface area contributed by atoms with Gasteiger partial charge in [0, 0.05) is 11.6 Å². The Hall–Kier alpha value is -0.820. The number of hydrogen-bond acceptors (Lipinski definition) is 4. The van der Waals surface area contributed by atoms with Crippen LogP contribution in [-0.2, 0) is 10.0 Å². The van der Waals surface area contributed by atoms with Crippen LogP contribution in [-0.4, -0.2) is 20.4 Å². The maximum Gasteiger partial charge on any atom is 0.242 e. The van der Waals surface area contributed by atoms with E-state index in [0.717, 1.165) is 18.6 Å². The first-order valence-corrected chi connectivity index (χ1v) is 8.15. The van der Waals surface area contributed by atoms with E-state index in [1.807, 2.05) is 6.92 Å². The zero-order valence-electron chi connectivity index (χ0n) is 10.9. The highest BCUT2D eigenvalue weighted by Crippen LogP contribution is 2.28. The molecule has 1 aromatic rings. The molecule has 0 aliphatic carbocycles. The van der Waals surface area contributed by atoms with Gasteiger partial charge < -0.3 is 9.90 Å². The number of carbonyl (C=O) groups is 1. The number of nitrogens with one attached hydrogen (secondary N) is 1. The van der Waals surface area contributed by atoms with Crippen molar-refractivity contribution in [3.8, 4) is 0 Å². The predicted octanol–water partition coefficient (Wildman–Crippen LogP) is 1.82. The quantitative estimate of drug-likeness (QED) is 0.857. The molecule has 0 amide bonds. The van der Waals surface area contributed by atoms with Gasteiger partial charge in [0.25, 0.3) is 0 Å². The second-order valence-corrected chi connectivity index (χ2v) is 6.86. The Morgan fingerprint density at radius 2 is 1.95 bits per heavy atom. The molecule has 8 heteroatoms. The minimum absolute atomic E-state index is 0.142. The average Bonchev–Trinajstić information content (AvgIpc) is 2.27. The van der Waals surface area contributed by atoms with Crippen molar-refractivity contribution in [2.24, 2.45) is 0 Å². The summed E-state index contributed by atoms with van der Waals surface area (Å²) in [6.45, 7) is 3.64. The van der Waals surface area contributed by atoms with Gasteiger partial charge >= 0.3 is 0 Å². The number of rotatable bonds is 6. The lowest BCUT2D eigenvalue weighted by Gasteiger charge is -2.15. The van der Waals surface area contributed by atoms with Crippen molar-refractivity contribution in [3.05, 3.63) is 27.7 Å². The summed E-state index contributed by atoms with van der Waals surface area (Å²) in [5, 5.41) is 10.6. The van der Waals surface area contributed by atoms with Gasteiger partial charge in [0.2, 0.25) is 10.0 Å². The lowest BCUT2D eigenvalue weighted by atomic mass is 10.2. The highest BCUT2D eigenvalue weighted by atomic mass is 35.5. The second-order valence-electron chi connectivity index (χ2n) is 4.36. The lowest BCUT2D eigenvalue weighted by molar-refractivity contribution is -0.255. The van der Waals surface area contributed by atoms with Gasteiger partial charge in [-0.3, -0.25) is 0 Å². The molecule has 0 radical (unpaired) electrons. The van der Waals surface area contributed by atoms with Crippen molar-refractivity contribution in [2.75, 3.05) is 0 Å². The van der Waals surface area contributed by atoms with E-state index in [1.165, 1.54) is 0 Å². The van der Waals surface area contributed by atoms with Crippen molar-refractivity contribution in [3.63, 3.8) is 0 Å². The Morgan fingerprint density at radius 3 is 2.45 bits per heavy atom. The molecule has 0 saturated carbocycles. The largest absolute Gasteiger partial charge is 0.545 e. The molecule has 0 heterocycles. The number of hydrogen-bond donors (Lipinski definition) is 1. The van der Waals surface area contributed by atoms with E-state index >= 15 is 0 Å². The molecule has 0 unspecified atom stereocenters. The summed E-state index contributed by atoms with van der Waals surface area (Å²) in [5.41, 5.74) is -0.417. The third-order valence-corrected chi connectivity index (χ3v) is 4.98. The maximum absolute atomic E-state index is 12.2. The van der Waals surface area contributed by atoms with Crippen LogP contribution in [0.4, 0.5) is 0 Å². The summed E-state index contributed by atoms with van der Waals surface area (Å²) in [7, 11) is -3.92. The minimum Gasteiger partial charge on any atom is -0.545 e. The fourth-order valence-electron chi connectivity index (χ4n) is 1.71. The summed E-state index contributed by atoms with van der Waals surface area (Å²) in [5.74, 6) is -1.57. The fourth-order valence-corrected chi connectivity index (χ4v) is 3.84. The number of halogens is 2. The first-order valence-electron chi connectivity index (χ1n) is 5.91. The van der Waals surface area contributed by atoms with Gasteiger partial charge in [0.1, 0.15) is 4.90 Å². The molecule has 0 saturated heterocycles. The molecule has 1 rings (SSSR count). The first-order chi connectivity index (χ1) is 9.19. The Balaban J connectivity index is 3.24. The number of sulfonamides is 1. The third-order valence-electron chi connectivity index (χ3n) is 2.61. The van der Waals surface area contributed by atoms with Crippen LogP contribution >= 0.6 is 23.2 Å². The highest BCUT2D eigenvalue weighted by Gasteiger charge is 2.22. The van der Waals surface area contributed by atoms with Crippen molar-refractivity contribution in [1.82, 2.24) is 4.72 Å². The monoisotopic (exact) mass is 338 g/mol. The van der Waals surface area contributed by atoms with Crippen LogP contribution in [0.3, 0.4) is 0 Å². The van der Waals surface area contributed by atoms with E-state index in [4.69, 9.17) is 23.2 Å². The molecule has 20 heavy (non-hydrogen) atoms. The second kappa shape index (κ2) is 6.76. The Bertz CT molecular complexity index is 616. The molecule has 0 fully saturated rings. The SMILES string of the molecule is CCC[C@H](C)NS(=O)(=O)c1cc(C(=O)[O-])c(Cl)cc1Cl. The number of carboxylic acid groups (broad SMARTS) is 1. The van der Waals surface area contributed by atoms with Crippen molar-refractivity contribution >= 4 is 39.2 Å². The topological polar surface area (TPSA) is 86.3 Å². The van der Waals surface area contributed by atoms with E-state index in [0.29, 0.717) is 6.42 Å². The van der Waals surface area contributed by atoms with E-state index < -0.39 is 21.6 Å². The molecule has 112 valence electrons.